The van der Waals surface area contributed by atoms with Crippen LogP contribution in [0.25, 0.3) is 0 Å². The van der Waals surface area contributed by atoms with E-state index in [4.69, 9.17) is 11.6 Å². The second-order valence-corrected chi connectivity index (χ2v) is 2.97. The maximum absolute atomic E-state index is 12.8. The average Bonchev–Trinajstić information content (AvgIpc) is 2.44. The van der Waals surface area contributed by atoms with Gasteiger partial charge in [0.15, 0.2) is 0 Å². The van der Waals surface area contributed by atoms with E-state index in [0.717, 1.165) is 7.05 Å². The van der Waals surface area contributed by atoms with Crippen molar-refractivity contribution in [2.75, 3.05) is 0 Å². The molecule has 1 rings (SSSR count). The molecule has 0 unspecified atom stereocenters. The number of rotatable bonds is 2. The van der Waals surface area contributed by atoms with Gasteiger partial charge in [0.2, 0.25) is 5.82 Å². The predicted molar refractivity (Wildman–Crippen MR) is 40.5 cm³/mol. The molecule has 1 aromatic rings. The molecule has 3 nitrogen and oxygen atoms in total. The summed E-state index contributed by atoms with van der Waals surface area (Å²) in [5.74, 6) is -6.95. The van der Waals surface area contributed by atoms with Gasteiger partial charge in [-0.1, -0.05) is 0 Å². The highest BCUT2D eigenvalue weighted by atomic mass is 35.5. The largest absolute Gasteiger partial charge is 0.461 e. The fourth-order valence-electron chi connectivity index (χ4n) is 0.878. The van der Waals surface area contributed by atoms with E-state index in [0.29, 0.717) is 4.57 Å². The van der Waals surface area contributed by atoms with E-state index in [-0.39, 0.29) is 11.7 Å². The van der Waals surface area contributed by atoms with Crippen LogP contribution in [0.4, 0.5) is 22.0 Å². The number of aromatic nitrogens is 3. The maximum Gasteiger partial charge on any atom is 0.461 e. The molecule has 1 aromatic heterocycles. The van der Waals surface area contributed by atoms with E-state index in [9.17, 15) is 22.0 Å². The van der Waals surface area contributed by atoms with Crippen molar-refractivity contribution in [3.63, 3.8) is 0 Å². The molecule has 0 saturated heterocycles. The van der Waals surface area contributed by atoms with Crippen LogP contribution in [0.15, 0.2) is 0 Å². The third-order valence-electron chi connectivity index (χ3n) is 1.72. The molecule has 0 aliphatic carbocycles. The lowest BCUT2D eigenvalue weighted by Crippen LogP contribution is -2.36. The van der Waals surface area contributed by atoms with E-state index in [1.807, 2.05) is 0 Å². The minimum atomic E-state index is -5.70. The first-order valence-electron chi connectivity index (χ1n) is 3.61. The van der Waals surface area contributed by atoms with Gasteiger partial charge in [-0.3, -0.25) is 0 Å². The van der Waals surface area contributed by atoms with E-state index in [1.54, 1.807) is 0 Å². The highest BCUT2D eigenvalue weighted by Gasteiger charge is 2.62. The Balaban J connectivity index is 3.22. The molecule has 0 amide bonds. The first-order valence-corrected chi connectivity index (χ1v) is 4.14. The van der Waals surface area contributed by atoms with E-state index >= 15 is 0 Å². The van der Waals surface area contributed by atoms with Gasteiger partial charge in [0.25, 0.3) is 0 Å². The number of halogens is 6. The van der Waals surface area contributed by atoms with Crippen molar-refractivity contribution in [3.05, 3.63) is 11.6 Å². The van der Waals surface area contributed by atoms with Gasteiger partial charge in [-0.05, 0) is 0 Å². The van der Waals surface area contributed by atoms with Crippen LogP contribution >= 0.6 is 11.6 Å². The summed E-state index contributed by atoms with van der Waals surface area (Å²) in [6, 6.07) is 0. The standard InChI is InChI=1S/C6H5ClF5N3/c1-15-3(2-7)13-14-4(15)5(8,9)6(10,11)12/h2H2,1H3. The molecule has 0 atom stereocenters. The molecule has 86 valence electrons. The Morgan fingerprint density at radius 3 is 2.07 bits per heavy atom. The first-order chi connectivity index (χ1) is 6.71. The third kappa shape index (κ3) is 1.90. The van der Waals surface area contributed by atoms with Crippen LogP contribution in [0.3, 0.4) is 0 Å². The maximum atomic E-state index is 12.8. The highest BCUT2D eigenvalue weighted by Crippen LogP contribution is 2.42. The van der Waals surface area contributed by atoms with E-state index in [1.165, 1.54) is 0 Å². The smallest absolute Gasteiger partial charge is 0.312 e. The van der Waals surface area contributed by atoms with Crippen LogP contribution in [0.1, 0.15) is 11.6 Å². The topological polar surface area (TPSA) is 30.7 Å². The number of nitrogens with zero attached hydrogens (tertiary/aromatic N) is 3. The monoisotopic (exact) mass is 249 g/mol. The lowest BCUT2D eigenvalue weighted by atomic mass is 10.3. The van der Waals surface area contributed by atoms with Crippen molar-refractivity contribution in [3.8, 4) is 0 Å². The highest BCUT2D eigenvalue weighted by molar-refractivity contribution is 6.16. The van der Waals surface area contributed by atoms with Crippen LogP contribution in [-0.4, -0.2) is 20.9 Å². The van der Waals surface area contributed by atoms with Crippen molar-refractivity contribution in [2.24, 2.45) is 7.05 Å². The molecule has 0 aliphatic heterocycles. The van der Waals surface area contributed by atoms with Gasteiger partial charge in [0.1, 0.15) is 5.82 Å². The normalized spacial score (nSPS) is 13.3. The summed E-state index contributed by atoms with van der Waals surface area (Å²) in [5, 5.41) is 5.90. The Morgan fingerprint density at radius 1 is 1.20 bits per heavy atom. The molecular weight excluding hydrogens is 245 g/mol. The van der Waals surface area contributed by atoms with Crippen LogP contribution in [0.5, 0.6) is 0 Å². The van der Waals surface area contributed by atoms with Gasteiger partial charge >= 0.3 is 12.1 Å². The summed E-state index contributed by atoms with van der Waals surface area (Å²) in [6.45, 7) is 0. The summed E-state index contributed by atoms with van der Waals surface area (Å²) in [7, 11) is 0.993. The summed E-state index contributed by atoms with van der Waals surface area (Å²) >= 11 is 5.26. The molecule has 0 saturated carbocycles. The Bertz CT molecular complexity index is 358. The summed E-state index contributed by atoms with van der Waals surface area (Å²) in [6.07, 6.45) is -5.70. The average molecular weight is 250 g/mol. The molecule has 9 heteroatoms. The zero-order chi connectivity index (χ0) is 11.9. The van der Waals surface area contributed by atoms with Gasteiger partial charge in [0, 0.05) is 7.05 Å². The van der Waals surface area contributed by atoms with E-state index in [2.05, 4.69) is 10.2 Å². The SMILES string of the molecule is Cn1c(CCl)nnc1C(F)(F)C(F)(F)F. The minimum Gasteiger partial charge on any atom is -0.312 e. The number of alkyl halides is 6. The van der Waals surface area contributed by atoms with Crippen molar-refractivity contribution in [1.29, 1.82) is 0 Å². The second-order valence-electron chi connectivity index (χ2n) is 2.70. The fourth-order valence-corrected chi connectivity index (χ4v) is 1.11. The molecule has 1 heterocycles. The van der Waals surface area contributed by atoms with Crippen LogP contribution in [0, 0.1) is 0 Å². The van der Waals surface area contributed by atoms with E-state index < -0.39 is 17.9 Å². The molecule has 0 aromatic carbocycles. The molecule has 15 heavy (non-hydrogen) atoms. The molecule has 0 radical (unpaired) electrons. The van der Waals surface area contributed by atoms with Crippen molar-refractivity contribution in [1.82, 2.24) is 14.8 Å². The number of hydrogen-bond donors (Lipinski definition) is 0. The molecule has 0 N–H and O–H groups in total. The summed E-state index contributed by atoms with van der Waals surface area (Å²) < 4.78 is 61.9. The van der Waals surface area contributed by atoms with Gasteiger partial charge in [0.05, 0.1) is 5.88 Å². The van der Waals surface area contributed by atoms with Crippen molar-refractivity contribution >= 4 is 11.6 Å². The van der Waals surface area contributed by atoms with Crippen molar-refractivity contribution in [2.45, 2.75) is 18.0 Å². The van der Waals surface area contributed by atoms with Crippen LogP contribution < -0.4 is 0 Å². The zero-order valence-corrected chi connectivity index (χ0v) is 8.07. The minimum absolute atomic E-state index is 0.157. The molecule has 0 fully saturated rings. The quantitative estimate of drug-likeness (QED) is 0.594. The summed E-state index contributed by atoms with van der Waals surface area (Å²) in [4.78, 5) is 0. The Hall–Kier alpha value is -0.920. The number of hydrogen-bond acceptors (Lipinski definition) is 2. The lowest BCUT2D eigenvalue weighted by Gasteiger charge is -2.18. The summed E-state index contributed by atoms with van der Waals surface area (Å²) in [5.41, 5.74) is 0. The Kier molecular flexibility index (Phi) is 2.90. The van der Waals surface area contributed by atoms with Crippen LogP contribution in [0.2, 0.25) is 0 Å². The lowest BCUT2D eigenvalue weighted by molar-refractivity contribution is -0.293. The second kappa shape index (κ2) is 3.58. The third-order valence-corrected chi connectivity index (χ3v) is 1.96. The zero-order valence-electron chi connectivity index (χ0n) is 7.32. The van der Waals surface area contributed by atoms with Gasteiger partial charge < -0.3 is 4.57 Å². The molecule has 0 bridgehead atoms. The van der Waals surface area contributed by atoms with Gasteiger partial charge in [-0.25, -0.2) is 0 Å². The molecule has 0 aliphatic rings. The van der Waals surface area contributed by atoms with Gasteiger partial charge in [-0.15, -0.1) is 21.8 Å². The molecule has 0 spiro atoms. The van der Waals surface area contributed by atoms with Crippen molar-refractivity contribution < 1.29 is 22.0 Å². The van der Waals surface area contributed by atoms with Gasteiger partial charge in [-0.2, -0.15) is 22.0 Å². The Labute approximate surface area is 85.8 Å². The first kappa shape index (κ1) is 12.2. The molecular formula is C6H5ClF5N3. The Morgan fingerprint density at radius 2 is 1.73 bits per heavy atom. The van der Waals surface area contributed by atoms with Crippen LogP contribution in [-0.2, 0) is 18.9 Å². The predicted octanol–water partition coefficient (Wildman–Crippen LogP) is 2.21. The fraction of sp³-hybridized carbons (Fsp3) is 0.667.